The average molecular weight is 255 g/mol. The van der Waals surface area contributed by atoms with Crippen LogP contribution in [0.3, 0.4) is 0 Å². The summed E-state index contributed by atoms with van der Waals surface area (Å²) in [6, 6.07) is 0. The van der Waals surface area contributed by atoms with E-state index < -0.39 is 13.0 Å². The number of allylic oxidation sites excluding steroid dienone is 4. The van der Waals surface area contributed by atoms with Crippen LogP contribution in [0.15, 0.2) is 40.3 Å². The molecule has 1 aliphatic heterocycles. The van der Waals surface area contributed by atoms with Gasteiger partial charge in [0.15, 0.2) is 0 Å². The van der Waals surface area contributed by atoms with Gasteiger partial charge < -0.3 is 10.5 Å². The highest BCUT2D eigenvalue weighted by atomic mass is 19.3. The second kappa shape index (κ2) is 5.20. The van der Waals surface area contributed by atoms with Crippen LogP contribution < -0.4 is 5.73 Å². The van der Waals surface area contributed by atoms with Gasteiger partial charge in [0.25, 0.3) is 6.43 Å². The van der Waals surface area contributed by atoms with Crippen molar-refractivity contribution in [3.8, 4) is 0 Å². The van der Waals surface area contributed by atoms with Gasteiger partial charge in [-0.1, -0.05) is 12.2 Å². The summed E-state index contributed by atoms with van der Waals surface area (Å²) >= 11 is 0. The maximum Gasteiger partial charge on any atom is 0.257 e. The summed E-state index contributed by atoms with van der Waals surface area (Å²) in [5.41, 5.74) is 7.95. The number of halogens is 2. The van der Waals surface area contributed by atoms with Crippen LogP contribution in [0.1, 0.15) is 12.8 Å². The van der Waals surface area contributed by atoms with Crippen LogP contribution in [-0.2, 0) is 4.74 Å². The van der Waals surface area contributed by atoms with E-state index in [-0.39, 0.29) is 0 Å². The minimum atomic E-state index is -2.46. The quantitative estimate of drug-likeness (QED) is 0.820. The Hall–Kier alpha value is -1.85. The van der Waals surface area contributed by atoms with Gasteiger partial charge in [-0.3, -0.25) is 5.01 Å². The molecule has 2 aliphatic rings. The molecule has 0 radical (unpaired) electrons. The van der Waals surface area contributed by atoms with Crippen LogP contribution in [0.2, 0.25) is 0 Å². The minimum Gasteiger partial charge on any atom is -0.483 e. The summed E-state index contributed by atoms with van der Waals surface area (Å²) in [4.78, 5) is 0. The third-order valence-electron chi connectivity index (χ3n) is 2.73. The number of methoxy groups -OCH3 is 1. The lowest BCUT2D eigenvalue weighted by molar-refractivity contribution is 0.103. The molecule has 0 bridgehead atoms. The molecule has 2 N–H and O–H groups in total. The van der Waals surface area contributed by atoms with Crippen molar-refractivity contribution in [2.45, 2.75) is 19.3 Å². The Labute approximate surface area is 104 Å². The summed E-state index contributed by atoms with van der Waals surface area (Å²) in [5, 5.41) is 5.35. The van der Waals surface area contributed by atoms with Gasteiger partial charge in [0.2, 0.25) is 5.90 Å². The van der Waals surface area contributed by atoms with Crippen LogP contribution >= 0.6 is 0 Å². The van der Waals surface area contributed by atoms with E-state index in [1.807, 2.05) is 12.2 Å². The van der Waals surface area contributed by atoms with E-state index in [0.29, 0.717) is 30.1 Å². The Morgan fingerprint density at radius 1 is 1.50 bits per heavy atom. The lowest BCUT2D eigenvalue weighted by atomic mass is 10.1. The molecule has 18 heavy (non-hydrogen) atoms. The molecule has 0 atom stereocenters. The van der Waals surface area contributed by atoms with Crippen LogP contribution in [0.5, 0.6) is 0 Å². The monoisotopic (exact) mass is 255 g/mol. The third kappa shape index (κ3) is 2.69. The molecule has 98 valence electrons. The molecular weight excluding hydrogens is 240 g/mol. The van der Waals surface area contributed by atoms with Crippen molar-refractivity contribution in [1.29, 1.82) is 0 Å². The first-order valence-electron chi connectivity index (χ1n) is 5.64. The molecule has 0 saturated carbocycles. The first kappa shape index (κ1) is 12.6. The zero-order valence-electron chi connectivity index (χ0n) is 10.1. The fourth-order valence-electron chi connectivity index (χ4n) is 1.95. The topological polar surface area (TPSA) is 50.8 Å². The molecule has 0 saturated heterocycles. The Morgan fingerprint density at radius 2 is 2.28 bits per heavy atom. The van der Waals surface area contributed by atoms with Gasteiger partial charge in [-0.05, 0) is 18.1 Å². The highest BCUT2D eigenvalue weighted by Gasteiger charge is 2.25. The number of nitrogens with two attached hydrogens (primary N) is 1. The SMILES string of the molecule is COC1=NN(CC(F)F)C2=CCC=C(N)C=C2C1. The predicted octanol–water partition coefficient (Wildman–Crippen LogP) is 1.97. The maximum absolute atomic E-state index is 12.6. The second-order valence-corrected chi connectivity index (χ2v) is 4.05. The van der Waals surface area contributed by atoms with Crippen molar-refractivity contribution in [3.05, 3.63) is 35.2 Å². The molecule has 4 nitrogen and oxygen atoms in total. The van der Waals surface area contributed by atoms with Gasteiger partial charge in [0, 0.05) is 5.70 Å². The summed E-state index contributed by atoms with van der Waals surface area (Å²) in [7, 11) is 1.48. The van der Waals surface area contributed by atoms with Crippen LogP contribution in [0, 0.1) is 0 Å². The smallest absolute Gasteiger partial charge is 0.257 e. The number of fused-ring (bicyclic) bond motifs is 1. The Morgan fingerprint density at radius 3 is 2.94 bits per heavy atom. The third-order valence-corrected chi connectivity index (χ3v) is 2.73. The highest BCUT2D eigenvalue weighted by Crippen LogP contribution is 2.28. The fourth-order valence-corrected chi connectivity index (χ4v) is 1.95. The Bertz CT molecular complexity index is 452. The molecule has 1 heterocycles. The summed E-state index contributed by atoms with van der Waals surface area (Å²) in [6.07, 6.45) is 4.09. The van der Waals surface area contributed by atoms with Gasteiger partial charge >= 0.3 is 0 Å². The van der Waals surface area contributed by atoms with Crippen molar-refractivity contribution in [3.63, 3.8) is 0 Å². The molecular formula is C12H15F2N3O. The predicted molar refractivity (Wildman–Crippen MR) is 64.8 cm³/mol. The zero-order chi connectivity index (χ0) is 13.1. The van der Waals surface area contributed by atoms with Crippen molar-refractivity contribution in [2.24, 2.45) is 10.8 Å². The number of ether oxygens (including phenoxy) is 1. The van der Waals surface area contributed by atoms with Gasteiger partial charge in [-0.15, -0.1) is 5.10 Å². The van der Waals surface area contributed by atoms with Crippen molar-refractivity contribution in [1.82, 2.24) is 5.01 Å². The summed E-state index contributed by atoms with van der Waals surface area (Å²) in [5.74, 6) is 0.411. The molecule has 0 aromatic heterocycles. The summed E-state index contributed by atoms with van der Waals surface area (Å²) < 4.78 is 30.2. The Balaban J connectivity index is 2.34. The van der Waals surface area contributed by atoms with E-state index in [1.54, 1.807) is 6.08 Å². The molecule has 0 unspecified atom stereocenters. The lowest BCUT2D eigenvalue weighted by Crippen LogP contribution is -2.30. The van der Waals surface area contributed by atoms with E-state index in [4.69, 9.17) is 10.5 Å². The molecule has 1 aliphatic carbocycles. The molecule has 0 aromatic rings. The van der Waals surface area contributed by atoms with Crippen LogP contribution in [-0.4, -0.2) is 31.0 Å². The molecule has 0 fully saturated rings. The second-order valence-electron chi connectivity index (χ2n) is 4.05. The number of alkyl halides is 2. The number of nitrogens with zero attached hydrogens (tertiary/aromatic N) is 2. The maximum atomic E-state index is 12.6. The fraction of sp³-hybridized carbons (Fsp3) is 0.417. The molecule has 6 heteroatoms. The van der Waals surface area contributed by atoms with Gasteiger partial charge in [0.05, 0.1) is 19.2 Å². The molecule has 0 spiro atoms. The zero-order valence-corrected chi connectivity index (χ0v) is 10.1. The van der Waals surface area contributed by atoms with Crippen molar-refractivity contribution >= 4 is 5.90 Å². The van der Waals surface area contributed by atoms with E-state index in [2.05, 4.69) is 5.10 Å². The standard InChI is InChI=1S/C12H15F2N3O/c1-18-12-6-8-5-9(15)3-2-4-10(8)17(16-12)7-11(13)14/h3-5,11H,2,6-7,15H2,1H3. The average Bonchev–Trinajstić information content (AvgIpc) is 2.49. The first-order valence-corrected chi connectivity index (χ1v) is 5.64. The van der Waals surface area contributed by atoms with Crippen molar-refractivity contribution in [2.75, 3.05) is 13.7 Å². The van der Waals surface area contributed by atoms with Crippen LogP contribution in [0.25, 0.3) is 0 Å². The molecule has 2 rings (SSSR count). The minimum absolute atomic E-state index is 0.411. The Kier molecular flexibility index (Phi) is 3.64. The highest BCUT2D eigenvalue weighted by molar-refractivity contribution is 5.81. The first-order chi connectivity index (χ1) is 8.60. The van der Waals surface area contributed by atoms with Crippen molar-refractivity contribution < 1.29 is 13.5 Å². The number of rotatable bonds is 2. The van der Waals surface area contributed by atoms with Gasteiger partial charge in [-0.2, -0.15) is 0 Å². The normalized spacial score (nSPS) is 19.4. The number of hydrogen-bond donors (Lipinski definition) is 1. The van der Waals surface area contributed by atoms with E-state index in [9.17, 15) is 8.78 Å². The largest absolute Gasteiger partial charge is 0.483 e. The lowest BCUT2D eigenvalue weighted by Gasteiger charge is -2.28. The van der Waals surface area contributed by atoms with Gasteiger partial charge in [-0.25, -0.2) is 8.78 Å². The van der Waals surface area contributed by atoms with E-state index in [1.165, 1.54) is 12.1 Å². The van der Waals surface area contributed by atoms with E-state index in [0.717, 1.165) is 5.57 Å². The molecule has 0 aromatic carbocycles. The van der Waals surface area contributed by atoms with Crippen LogP contribution in [0.4, 0.5) is 8.78 Å². The van der Waals surface area contributed by atoms with Gasteiger partial charge in [0.1, 0.15) is 6.54 Å². The summed E-state index contributed by atoms with van der Waals surface area (Å²) in [6.45, 7) is -0.448. The number of hydrogen-bond acceptors (Lipinski definition) is 4. The molecule has 0 amide bonds. The number of hydrazone groups is 1. The van der Waals surface area contributed by atoms with E-state index >= 15 is 0 Å².